The number of halogens is 1. The fourth-order valence-corrected chi connectivity index (χ4v) is 2.63. The number of nitrogens with two attached hydrogens (primary N) is 1. The number of carbonyl (C=O) groups excluding carboxylic acids is 1. The molecule has 7 nitrogen and oxygen atoms in total. The van der Waals surface area contributed by atoms with Crippen molar-refractivity contribution in [2.24, 2.45) is 10.9 Å². The molecule has 1 aromatic carbocycles. The maximum atomic E-state index is 12.1. The standard InChI is InChI=1S/C16H13ClN4O3S/c17-11-3-5-12(6-4-11)23-10-21-13(7-8-19-21)16(22)24-20-15(18)14-2-1-9-25-14/h1-9H,10H2,(H2,18,20). The SMILES string of the molecule is N/C(=N\OC(=O)c1ccnn1COc1ccc(Cl)cc1)c1cccs1. The number of rotatable bonds is 6. The molecule has 0 saturated carbocycles. The van der Waals surface area contributed by atoms with Crippen LogP contribution >= 0.6 is 22.9 Å². The number of thiophene rings is 1. The van der Waals surface area contributed by atoms with Gasteiger partial charge in [0.05, 0.1) is 4.88 Å². The van der Waals surface area contributed by atoms with Gasteiger partial charge in [-0.2, -0.15) is 5.10 Å². The van der Waals surface area contributed by atoms with Crippen molar-refractivity contribution in [3.05, 3.63) is 69.6 Å². The highest BCUT2D eigenvalue weighted by Crippen LogP contribution is 2.16. The zero-order valence-corrected chi connectivity index (χ0v) is 14.4. The number of amidine groups is 1. The Morgan fingerprint density at radius 2 is 2.08 bits per heavy atom. The molecule has 0 bridgehead atoms. The maximum absolute atomic E-state index is 12.1. The third kappa shape index (κ3) is 4.37. The molecule has 0 aliphatic rings. The average molecular weight is 377 g/mol. The Bertz CT molecular complexity index is 875. The highest BCUT2D eigenvalue weighted by Gasteiger charge is 2.15. The van der Waals surface area contributed by atoms with Gasteiger partial charge in [-0.25, -0.2) is 9.48 Å². The first kappa shape index (κ1) is 17.0. The Morgan fingerprint density at radius 3 is 2.80 bits per heavy atom. The summed E-state index contributed by atoms with van der Waals surface area (Å²) in [6, 6.07) is 12.0. The first-order valence-corrected chi connectivity index (χ1v) is 8.38. The maximum Gasteiger partial charge on any atom is 0.383 e. The summed E-state index contributed by atoms with van der Waals surface area (Å²) in [5, 5.41) is 10.1. The van der Waals surface area contributed by atoms with Crippen molar-refractivity contribution in [3.8, 4) is 5.75 Å². The summed E-state index contributed by atoms with van der Waals surface area (Å²) in [6.45, 7) is 0.0309. The highest BCUT2D eigenvalue weighted by atomic mass is 35.5. The van der Waals surface area contributed by atoms with Crippen LogP contribution in [0.25, 0.3) is 0 Å². The largest absolute Gasteiger partial charge is 0.471 e. The van der Waals surface area contributed by atoms with Crippen molar-refractivity contribution in [2.45, 2.75) is 6.73 Å². The van der Waals surface area contributed by atoms with Crippen molar-refractivity contribution in [1.29, 1.82) is 0 Å². The molecule has 2 heterocycles. The summed E-state index contributed by atoms with van der Waals surface area (Å²) in [5.74, 6) is 0.0442. The monoisotopic (exact) mass is 376 g/mol. The second kappa shape index (κ2) is 7.82. The second-order valence-corrected chi connectivity index (χ2v) is 6.16. The van der Waals surface area contributed by atoms with Crippen molar-refractivity contribution in [2.75, 3.05) is 0 Å². The predicted molar refractivity (Wildman–Crippen MR) is 94.8 cm³/mol. The lowest BCUT2D eigenvalue weighted by molar-refractivity contribution is 0.0492. The quantitative estimate of drug-likeness (QED) is 0.309. The zero-order valence-electron chi connectivity index (χ0n) is 12.8. The molecule has 0 spiro atoms. The lowest BCUT2D eigenvalue weighted by Gasteiger charge is -2.08. The number of oxime groups is 1. The Kier molecular flexibility index (Phi) is 5.32. The molecule has 0 amide bonds. The smallest absolute Gasteiger partial charge is 0.383 e. The minimum absolute atomic E-state index is 0.0309. The molecule has 0 unspecified atom stereocenters. The van der Waals surface area contributed by atoms with Gasteiger partial charge in [0.1, 0.15) is 5.75 Å². The van der Waals surface area contributed by atoms with Crippen molar-refractivity contribution < 1.29 is 14.4 Å². The number of hydrogen-bond donors (Lipinski definition) is 1. The Balaban J connectivity index is 1.63. The summed E-state index contributed by atoms with van der Waals surface area (Å²) in [7, 11) is 0. The summed E-state index contributed by atoms with van der Waals surface area (Å²) >= 11 is 7.22. The van der Waals surface area contributed by atoms with Gasteiger partial charge in [0.25, 0.3) is 0 Å². The van der Waals surface area contributed by atoms with Gasteiger partial charge in [0, 0.05) is 11.2 Å². The number of aromatic nitrogens is 2. The van der Waals surface area contributed by atoms with Gasteiger partial charge < -0.3 is 15.3 Å². The third-order valence-electron chi connectivity index (χ3n) is 3.09. The van der Waals surface area contributed by atoms with E-state index in [1.165, 1.54) is 28.3 Å². The molecule has 25 heavy (non-hydrogen) atoms. The van der Waals surface area contributed by atoms with E-state index in [0.29, 0.717) is 15.6 Å². The highest BCUT2D eigenvalue weighted by molar-refractivity contribution is 7.12. The van der Waals surface area contributed by atoms with Crippen molar-refractivity contribution >= 4 is 34.7 Å². The fourth-order valence-electron chi connectivity index (χ4n) is 1.88. The van der Waals surface area contributed by atoms with E-state index in [0.717, 1.165) is 0 Å². The molecular formula is C16H13ClN4O3S. The third-order valence-corrected chi connectivity index (χ3v) is 4.24. The number of carbonyl (C=O) groups is 1. The topological polar surface area (TPSA) is 91.7 Å². The van der Waals surface area contributed by atoms with Crippen LogP contribution in [0.2, 0.25) is 5.02 Å². The van der Waals surface area contributed by atoms with E-state index in [2.05, 4.69) is 10.3 Å². The van der Waals surface area contributed by atoms with E-state index in [1.54, 1.807) is 30.3 Å². The van der Waals surface area contributed by atoms with Crippen molar-refractivity contribution in [3.63, 3.8) is 0 Å². The van der Waals surface area contributed by atoms with Gasteiger partial charge in [-0.15, -0.1) is 11.3 Å². The van der Waals surface area contributed by atoms with Crippen LogP contribution in [0.1, 0.15) is 15.4 Å². The molecule has 3 rings (SSSR count). The van der Waals surface area contributed by atoms with Crippen LogP contribution in [0.4, 0.5) is 0 Å². The number of nitrogens with zero attached hydrogens (tertiary/aromatic N) is 3. The summed E-state index contributed by atoms with van der Waals surface area (Å²) < 4.78 is 6.91. The van der Waals surface area contributed by atoms with E-state index in [-0.39, 0.29) is 18.3 Å². The second-order valence-electron chi connectivity index (χ2n) is 4.78. The van der Waals surface area contributed by atoms with Gasteiger partial charge in [-0.1, -0.05) is 22.8 Å². The normalized spacial score (nSPS) is 11.3. The first-order chi connectivity index (χ1) is 12.1. The summed E-state index contributed by atoms with van der Waals surface area (Å²) in [4.78, 5) is 17.7. The van der Waals surface area contributed by atoms with E-state index >= 15 is 0 Å². The Hall–Kier alpha value is -2.84. The molecule has 9 heteroatoms. The minimum Gasteiger partial charge on any atom is -0.471 e. The van der Waals surface area contributed by atoms with E-state index in [9.17, 15) is 4.79 Å². The number of ether oxygens (including phenoxy) is 1. The minimum atomic E-state index is -0.684. The Morgan fingerprint density at radius 1 is 1.28 bits per heavy atom. The van der Waals surface area contributed by atoms with Crippen LogP contribution in [0.15, 0.2) is 59.2 Å². The van der Waals surface area contributed by atoms with Crippen LogP contribution in [0.3, 0.4) is 0 Å². The van der Waals surface area contributed by atoms with Gasteiger partial charge >= 0.3 is 5.97 Å². The fraction of sp³-hybridized carbons (Fsp3) is 0.0625. The summed E-state index contributed by atoms with van der Waals surface area (Å²) in [5.41, 5.74) is 5.94. The molecule has 128 valence electrons. The molecule has 0 aliphatic heterocycles. The number of hydrogen-bond acceptors (Lipinski definition) is 6. The molecule has 0 radical (unpaired) electrons. The van der Waals surface area contributed by atoms with Gasteiger partial charge in [-0.05, 0) is 41.8 Å². The molecular weight excluding hydrogens is 364 g/mol. The van der Waals surface area contributed by atoms with Crippen LogP contribution in [-0.4, -0.2) is 21.6 Å². The number of benzene rings is 1. The van der Waals surface area contributed by atoms with Crippen LogP contribution in [-0.2, 0) is 11.6 Å². The van der Waals surface area contributed by atoms with E-state index in [1.807, 2.05) is 11.4 Å². The molecule has 0 fully saturated rings. The lowest BCUT2D eigenvalue weighted by atomic mass is 10.3. The molecule has 0 atom stereocenters. The van der Waals surface area contributed by atoms with Gasteiger partial charge in [0.15, 0.2) is 18.3 Å². The first-order valence-electron chi connectivity index (χ1n) is 7.12. The lowest BCUT2D eigenvalue weighted by Crippen LogP contribution is -2.17. The van der Waals surface area contributed by atoms with Crippen LogP contribution < -0.4 is 10.5 Å². The Labute approximate surface area is 152 Å². The molecule has 0 saturated heterocycles. The molecule has 2 N–H and O–H groups in total. The molecule has 2 aromatic heterocycles. The predicted octanol–water partition coefficient (Wildman–Crippen LogP) is 3.11. The van der Waals surface area contributed by atoms with E-state index < -0.39 is 5.97 Å². The van der Waals surface area contributed by atoms with E-state index in [4.69, 9.17) is 26.9 Å². The van der Waals surface area contributed by atoms with Crippen LogP contribution in [0, 0.1) is 0 Å². The average Bonchev–Trinajstić information content (AvgIpc) is 3.30. The molecule has 3 aromatic rings. The van der Waals surface area contributed by atoms with Crippen LogP contribution in [0.5, 0.6) is 5.75 Å². The summed E-state index contributed by atoms with van der Waals surface area (Å²) in [6.07, 6.45) is 1.47. The van der Waals surface area contributed by atoms with Gasteiger partial charge in [-0.3, -0.25) is 0 Å². The molecule has 0 aliphatic carbocycles. The van der Waals surface area contributed by atoms with Gasteiger partial charge in [0.2, 0.25) is 0 Å². The van der Waals surface area contributed by atoms with Crippen molar-refractivity contribution in [1.82, 2.24) is 9.78 Å². The zero-order chi connectivity index (χ0) is 17.6.